The zero-order chi connectivity index (χ0) is 20.2. The normalized spacial score (nSPS) is 18.6. The first kappa shape index (κ1) is 22.1. The van der Waals surface area contributed by atoms with E-state index in [1.54, 1.807) is 30.2 Å². The predicted molar refractivity (Wildman–Crippen MR) is 116 cm³/mol. The summed E-state index contributed by atoms with van der Waals surface area (Å²) < 4.78 is 5.51. The van der Waals surface area contributed by atoms with Gasteiger partial charge in [-0.3, -0.25) is 9.59 Å². The smallest absolute Gasteiger partial charge is 0.273 e. The van der Waals surface area contributed by atoms with Crippen molar-refractivity contribution in [1.29, 1.82) is 0 Å². The number of amides is 2. The lowest BCUT2D eigenvalue weighted by Crippen LogP contribution is -2.49. The number of nitrogens with zero attached hydrogens (tertiary/aromatic N) is 3. The number of halogens is 1. The Hall–Kier alpha value is -2.64. The van der Waals surface area contributed by atoms with Gasteiger partial charge in [0, 0.05) is 38.3 Å². The summed E-state index contributed by atoms with van der Waals surface area (Å²) in [5.41, 5.74) is 1.60. The molecular formula is C22H27ClN4O3. The molecule has 1 unspecified atom stereocenters. The Labute approximate surface area is 182 Å². The third kappa shape index (κ3) is 4.42. The highest BCUT2D eigenvalue weighted by atomic mass is 35.5. The zero-order valence-electron chi connectivity index (χ0n) is 17.0. The summed E-state index contributed by atoms with van der Waals surface area (Å²) in [5.74, 6) is 0.488. The Morgan fingerprint density at radius 1 is 1.00 bits per heavy atom. The summed E-state index contributed by atoms with van der Waals surface area (Å²) in [6.07, 6.45) is 2.04. The molecular weight excluding hydrogens is 404 g/mol. The molecule has 0 aliphatic carbocycles. The third-order valence-electron chi connectivity index (χ3n) is 5.58. The van der Waals surface area contributed by atoms with E-state index in [0.29, 0.717) is 31.0 Å². The van der Waals surface area contributed by atoms with Crippen molar-refractivity contribution in [1.82, 2.24) is 20.1 Å². The minimum atomic E-state index is -0.168. The van der Waals surface area contributed by atoms with Gasteiger partial charge in [0.05, 0.1) is 13.2 Å². The second-order valence-electron chi connectivity index (χ2n) is 7.37. The van der Waals surface area contributed by atoms with Crippen LogP contribution in [0.1, 0.15) is 45.4 Å². The number of aromatic nitrogens is 1. The fourth-order valence-electron chi connectivity index (χ4n) is 4.07. The molecule has 2 amide bonds. The molecule has 3 heterocycles. The second kappa shape index (κ2) is 9.91. The minimum Gasteiger partial charge on any atom is -0.496 e. The van der Waals surface area contributed by atoms with E-state index in [1.165, 1.54) is 0 Å². The lowest BCUT2D eigenvalue weighted by molar-refractivity contribution is 0.0625. The maximum atomic E-state index is 13.3. The Bertz CT molecular complexity index is 901. The van der Waals surface area contributed by atoms with Gasteiger partial charge in [-0.15, -0.1) is 12.4 Å². The molecule has 2 aliphatic rings. The highest BCUT2D eigenvalue weighted by Gasteiger charge is 2.31. The van der Waals surface area contributed by atoms with E-state index < -0.39 is 0 Å². The second-order valence-corrected chi connectivity index (χ2v) is 7.37. The molecule has 7 nitrogen and oxygen atoms in total. The van der Waals surface area contributed by atoms with Crippen LogP contribution in [-0.2, 0) is 0 Å². The van der Waals surface area contributed by atoms with Crippen LogP contribution >= 0.6 is 12.4 Å². The van der Waals surface area contributed by atoms with Gasteiger partial charge < -0.3 is 19.9 Å². The molecule has 160 valence electrons. The number of piperazine rings is 1. The molecule has 0 spiro atoms. The molecule has 2 aliphatic heterocycles. The van der Waals surface area contributed by atoms with Gasteiger partial charge in [0.25, 0.3) is 11.8 Å². The van der Waals surface area contributed by atoms with Crippen molar-refractivity contribution < 1.29 is 14.3 Å². The molecule has 1 aromatic carbocycles. The number of carbonyl (C=O) groups is 2. The molecule has 0 radical (unpaired) electrons. The Balaban J connectivity index is 0.00000256. The number of nitrogens with one attached hydrogen (secondary N) is 1. The highest BCUT2D eigenvalue weighted by molar-refractivity contribution is 5.96. The average molecular weight is 431 g/mol. The van der Waals surface area contributed by atoms with Crippen molar-refractivity contribution in [3.63, 3.8) is 0 Å². The van der Waals surface area contributed by atoms with Crippen LogP contribution in [0.25, 0.3) is 0 Å². The summed E-state index contributed by atoms with van der Waals surface area (Å²) in [7, 11) is 1.64. The first-order chi connectivity index (χ1) is 14.2. The van der Waals surface area contributed by atoms with E-state index in [9.17, 15) is 9.59 Å². The van der Waals surface area contributed by atoms with E-state index >= 15 is 0 Å². The SMILES string of the molecule is COc1ccccc1C1CNCCN1C(=O)c1cccc(C(=O)N2CCCC2)n1.Cl. The van der Waals surface area contributed by atoms with Crippen LogP contribution < -0.4 is 10.1 Å². The summed E-state index contributed by atoms with van der Waals surface area (Å²) >= 11 is 0. The van der Waals surface area contributed by atoms with Crippen LogP contribution in [0.2, 0.25) is 0 Å². The van der Waals surface area contributed by atoms with Crippen LogP contribution in [0.5, 0.6) is 5.75 Å². The molecule has 8 heteroatoms. The van der Waals surface area contributed by atoms with Crippen LogP contribution in [0.4, 0.5) is 0 Å². The van der Waals surface area contributed by atoms with Crippen LogP contribution in [-0.4, -0.2) is 66.4 Å². The molecule has 4 rings (SSSR count). The summed E-state index contributed by atoms with van der Waals surface area (Å²) in [6.45, 7) is 3.43. The number of carbonyl (C=O) groups excluding carboxylic acids is 2. The van der Waals surface area contributed by atoms with Gasteiger partial charge in [-0.25, -0.2) is 4.98 Å². The van der Waals surface area contributed by atoms with Gasteiger partial charge in [0.15, 0.2) is 0 Å². The van der Waals surface area contributed by atoms with Crippen LogP contribution in [0, 0.1) is 0 Å². The number of methoxy groups -OCH3 is 1. The van der Waals surface area contributed by atoms with Gasteiger partial charge in [-0.1, -0.05) is 24.3 Å². The van der Waals surface area contributed by atoms with Crippen molar-refractivity contribution in [3.05, 3.63) is 59.4 Å². The molecule has 30 heavy (non-hydrogen) atoms. The van der Waals surface area contributed by atoms with Gasteiger partial charge in [-0.05, 0) is 31.0 Å². The zero-order valence-corrected chi connectivity index (χ0v) is 17.9. The number of likely N-dealkylation sites (tertiary alicyclic amines) is 1. The fourth-order valence-corrected chi connectivity index (χ4v) is 4.07. The van der Waals surface area contributed by atoms with E-state index in [4.69, 9.17) is 4.74 Å². The van der Waals surface area contributed by atoms with Crippen molar-refractivity contribution in [3.8, 4) is 5.75 Å². The first-order valence-corrected chi connectivity index (χ1v) is 10.1. The van der Waals surface area contributed by atoms with Gasteiger partial charge in [0.1, 0.15) is 17.1 Å². The standard InChI is InChI=1S/C22H26N4O3.ClH/c1-29-20-10-3-2-7-16(20)19-15-23-11-14-26(19)22(28)18-9-6-8-17(24-18)21(27)25-12-4-5-13-25;/h2-3,6-10,19,23H,4-5,11-15H2,1H3;1H. The largest absolute Gasteiger partial charge is 0.496 e. The van der Waals surface area contributed by atoms with Gasteiger partial charge in [0.2, 0.25) is 0 Å². The highest BCUT2D eigenvalue weighted by Crippen LogP contribution is 2.31. The molecule has 2 aromatic rings. The maximum Gasteiger partial charge on any atom is 0.273 e. The first-order valence-electron chi connectivity index (χ1n) is 10.1. The van der Waals surface area contributed by atoms with Crippen molar-refractivity contribution in [2.75, 3.05) is 39.8 Å². The number of ether oxygens (including phenoxy) is 1. The molecule has 2 saturated heterocycles. The van der Waals surface area contributed by atoms with E-state index in [0.717, 1.165) is 37.2 Å². The molecule has 1 N–H and O–H groups in total. The Morgan fingerprint density at radius 3 is 2.43 bits per heavy atom. The van der Waals surface area contributed by atoms with Crippen molar-refractivity contribution in [2.24, 2.45) is 0 Å². The van der Waals surface area contributed by atoms with E-state index in [2.05, 4.69) is 10.3 Å². The number of para-hydroxylation sites is 1. The molecule has 2 fully saturated rings. The third-order valence-corrected chi connectivity index (χ3v) is 5.58. The monoisotopic (exact) mass is 430 g/mol. The number of hydrogen-bond acceptors (Lipinski definition) is 5. The number of hydrogen-bond donors (Lipinski definition) is 1. The summed E-state index contributed by atoms with van der Waals surface area (Å²) in [4.78, 5) is 34.1. The van der Waals surface area contributed by atoms with Crippen molar-refractivity contribution in [2.45, 2.75) is 18.9 Å². The van der Waals surface area contributed by atoms with Crippen LogP contribution in [0.15, 0.2) is 42.5 Å². The lowest BCUT2D eigenvalue weighted by Gasteiger charge is -2.37. The van der Waals surface area contributed by atoms with E-state index in [-0.39, 0.29) is 30.3 Å². The quantitative estimate of drug-likeness (QED) is 0.806. The molecule has 1 atom stereocenters. The maximum absolute atomic E-state index is 13.3. The Morgan fingerprint density at radius 2 is 1.70 bits per heavy atom. The summed E-state index contributed by atoms with van der Waals surface area (Å²) in [6, 6.07) is 12.7. The summed E-state index contributed by atoms with van der Waals surface area (Å²) in [5, 5.41) is 3.36. The van der Waals surface area contributed by atoms with Gasteiger partial charge >= 0.3 is 0 Å². The number of benzene rings is 1. The minimum absolute atomic E-state index is 0. The van der Waals surface area contributed by atoms with E-state index in [1.807, 2.05) is 29.2 Å². The lowest BCUT2D eigenvalue weighted by atomic mass is 10.0. The fraction of sp³-hybridized carbons (Fsp3) is 0.409. The van der Waals surface area contributed by atoms with Crippen molar-refractivity contribution >= 4 is 24.2 Å². The predicted octanol–water partition coefficient (Wildman–Crippen LogP) is 2.53. The average Bonchev–Trinajstić information content (AvgIpc) is 3.33. The van der Waals surface area contributed by atoms with Crippen LogP contribution in [0.3, 0.4) is 0 Å². The number of rotatable bonds is 4. The molecule has 1 aromatic heterocycles. The molecule has 0 saturated carbocycles. The Kier molecular flexibility index (Phi) is 7.29. The number of pyridine rings is 1. The van der Waals surface area contributed by atoms with Gasteiger partial charge in [-0.2, -0.15) is 0 Å². The molecule has 0 bridgehead atoms. The topological polar surface area (TPSA) is 74.8 Å².